The summed E-state index contributed by atoms with van der Waals surface area (Å²) in [6, 6.07) is 0.0856. The van der Waals surface area contributed by atoms with E-state index in [2.05, 4.69) is 13.8 Å². The molecular formula is C16H31NO2. The zero-order chi connectivity index (χ0) is 14.1. The number of rotatable bonds is 9. The molecule has 3 nitrogen and oxygen atoms in total. The van der Waals surface area contributed by atoms with Gasteiger partial charge in [-0.15, -0.1) is 0 Å². The number of carbonyl (C=O) groups excluding carboxylic acids is 1. The third-order valence-electron chi connectivity index (χ3n) is 4.26. The first-order valence-electron chi connectivity index (χ1n) is 8.15. The van der Waals surface area contributed by atoms with Crippen molar-refractivity contribution in [2.45, 2.75) is 77.7 Å². The van der Waals surface area contributed by atoms with Crippen LogP contribution in [0.1, 0.15) is 71.6 Å². The molecule has 1 unspecified atom stereocenters. The minimum absolute atomic E-state index is 0.0856. The second-order valence-electron chi connectivity index (χ2n) is 5.85. The highest BCUT2D eigenvalue weighted by Gasteiger charge is 2.31. The van der Waals surface area contributed by atoms with Crippen molar-refractivity contribution in [2.75, 3.05) is 13.2 Å². The molecule has 0 aromatic rings. The van der Waals surface area contributed by atoms with Crippen molar-refractivity contribution in [2.24, 2.45) is 5.92 Å². The first kappa shape index (κ1) is 16.5. The molecule has 0 aliphatic carbocycles. The number of aliphatic hydroxyl groups is 1. The van der Waals surface area contributed by atoms with E-state index in [0.29, 0.717) is 5.91 Å². The monoisotopic (exact) mass is 269 g/mol. The van der Waals surface area contributed by atoms with E-state index in [1.165, 1.54) is 25.7 Å². The smallest absolute Gasteiger partial charge is 0.226 e. The van der Waals surface area contributed by atoms with Crippen LogP contribution in [0, 0.1) is 5.92 Å². The second kappa shape index (κ2) is 9.35. The topological polar surface area (TPSA) is 40.5 Å². The quantitative estimate of drug-likeness (QED) is 0.652. The van der Waals surface area contributed by atoms with Crippen LogP contribution in [0.15, 0.2) is 0 Å². The number of nitrogens with zero attached hydrogens (tertiary/aromatic N) is 1. The maximum absolute atomic E-state index is 12.6. The van der Waals surface area contributed by atoms with E-state index in [9.17, 15) is 9.90 Å². The van der Waals surface area contributed by atoms with Crippen LogP contribution >= 0.6 is 0 Å². The van der Waals surface area contributed by atoms with E-state index in [1.807, 2.05) is 4.90 Å². The van der Waals surface area contributed by atoms with Gasteiger partial charge in [-0.3, -0.25) is 4.79 Å². The van der Waals surface area contributed by atoms with E-state index in [1.54, 1.807) is 0 Å². The highest BCUT2D eigenvalue weighted by atomic mass is 16.3. The Morgan fingerprint density at radius 1 is 1.21 bits per heavy atom. The zero-order valence-corrected chi connectivity index (χ0v) is 12.7. The molecule has 3 heteroatoms. The van der Waals surface area contributed by atoms with Gasteiger partial charge in [-0.05, 0) is 25.7 Å². The van der Waals surface area contributed by atoms with Crippen molar-refractivity contribution in [3.8, 4) is 0 Å². The number of aliphatic hydroxyl groups excluding tert-OH is 1. The van der Waals surface area contributed by atoms with E-state index in [4.69, 9.17) is 0 Å². The molecule has 0 radical (unpaired) electrons. The first-order valence-corrected chi connectivity index (χ1v) is 8.15. The predicted molar refractivity (Wildman–Crippen MR) is 79.0 cm³/mol. The Kier molecular flexibility index (Phi) is 8.11. The fraction of sp³-hybridized carbons (Fsp3) is 0.938. The Morgan fingerprint density at radius 2 is 2.00 bits per heavy atom. The van der Waals surface area contributed by atoms with E-state index < -0.39 is 0 Å². The summed E-state index contributed by atoms with van der Waals surface area (Å²) < 4.78 is 0. The number of amides is 1. The Morgan fingerprint density at radius 3 is 2.63 bits per heavy atom. The highest BCUT2D eigenvalue weighted by Crippen LogP contribution is 2.24. The van der Waals surface area contributed by atoms with E-state index >= 15 is 0 Å². The molecule has 1 fully saturated rings. The van der Waals surface area contributed by atoms with Gasteiger partial charge < -0.3 is 10.0 Å². The lowest BCUT2D eigenvalue weighted by atomic mass is 9.94. The van der Waals surface area contributed by atoms with Crippen LogP contribution < -0.4 is 0 Å². The first-order chi connectivity index (χ1) is 9.24. The number of hydrogen-bond donors (Lipinski definition) is 1. The van der Waals surface area contributed by atoms with Crippen LogP contribution in [0.25, 0.3) is 0 Å². The molecule has 1 aliphatic heterocycles. The second-order valence-corrected chi connectivity index (χ2v) is 5.85. The molecule has 0 bridgehead atoms. The van der Waals surface area contributed by atoms with Crippen LogP contribution in [0.4, 0.5) is 0 Å². The van der Waals surface area contributed by atoms with Crippen molar-refractivity contribution in [3.05, 3.63) is 0 Å². The average Bonchev–Trinajstić information content (AvgIpc) is 2.90. The van der Waals surface area contributed by atoms with Crippen molar-refractivity contribution < 1.29 is 9.90 Å². The number of carbonyl (C=O) groups is 1. The molecule has 1 saturated heterocycles. The summed E-state index contributed by atoms with van der Waals surface area (Å²) in [5.41, 5.74) is 0. The van der Waals surface area contributed by atoms with Crippen LogP contribution in [0.2, 0.25) is 0 Å². The van der Waals surface area contributed by atoms with Gasteiger partial charge in [-0.25, -0.2) is 0 Å². The minimum Gasteiger partial charge on any atom is -0.394 e. The summed E-state index contributed by atoms with van der Waals surface area (Å²) in [6.45, 7) is 5.34. The molecule has 1 aliphatic rings. The molecule has 0 spiro atoms. The molecular weight excluding hydrogens is 238 g/mol. The SMILES string of the molecule is CCCCCCC(CCC)C(=O)N1CCC[C@H]1CO. The molecule has 1 amide bonds. The van der Waals surface area contributed by atoms with Gasteiger partial charge in [0.05, 0.1) is 12.6 Å². The van der Waals surface area contributed by atoms with Gasteiger partial charge >= 0.3 is 0 Å². The van der Waals surface area contributed by atoms with Crippen LogP contribution in [0.5, 0.6) is 0 Å². The number of unbranched alkanes of at least 4 members (excludes halogenated alkanes) is 3. The molecule has 0 aromatic carbocycles. The molecule has 1 N–H and O–H groups in total. The summed E-state index contributed by atoms with van der Waals surface area (Å²) >= 11 is 0. The lowest BCUT2D eigenvalue weighted by Crippen LogP contribution is -2.41. The van der Waals surface area contributed by atoms with Crippen molar-refractivity contribution in [1.29, 1.82) is 0 Å². The normalized spacial score (nSPS) is 20.8. The molecule has 1 rings (SSSR count). The molecule has 112 valence electrons. The van der Waals surface area contributed by atoms with Crippen molar-refractivity contribution in [1.82, 2.24) is 4.90 Å². The van der Waals surface area contributed by atoms with E-state index in [-0.39, 0.29) is 18.6 Å². The van der Waals surface area contributed by atoms with Crippen LogP contribution in [-0.2, 0) is 4.79 Å². The van der Waals surface area contributed by atoms with Crippen LogP contribution in [0.3, 0.4) is 0 Å². The number of hydrogen-bond acceptors (Lipinski definition) is 2. The Hall–Kier alpha value is -0.570. The minimum atomic E-state index is 0.0856. The summed E-state index contributed by atoms with van der Waals surface area (Å²) in [4.78, 5) is 14.5. The summed E-state index contributed by atoms with van der Waals surface area (Å²) in [7, 11) is 0. The Labute approximate surface area is 118 Å². The summed E-state index contributed by atoms with van der Waals surface area (Å²) in [5, 5.41) is 9.35. The number of likely N-dealkylation sites (tertiary alicyclic amines) is 1. The van der Waals surface area contributed by atoms with Crippen molar-refractivity contribution in [3.63, 3.8) is 0 Å². The van der Waals surface area contributed by atoms with Gasteiger partial charge in [0.2, 0.25) is 5.91 Å². The van der Waals surface area contributed by atoms with Crippen LogP contribution in [-0.4, -0.2) is 35.1 Å². The lowest BCUT2D eigenvalue weighted by Gasteiger charge is -2.28. The molecule has 0 aromatic heterocycles. The summed E-state index contributed by atoms with van der Waals surface area (Å²) in [6.07, 6.45) is 10.0. The summed E-state index contributed by atoms with van der Waals surface area (Å²) in [5.74, 6) is 0.490. The van der Waals surface area contributed by atoms with E-state index in [0.717, 1.165) is 38.6 Å². The fourth-order valence-electron chi connectivity index (χ4n) is 3.11. The van der Waals surface area contributed by atoms with Gasteiger partial charge in [0.15, 0.2) is 0 Å². The van der Waals surface area contributed by atoms with Gasteiger partial charge in [-0.2, -0.15) is 0 Å². The van der Waals surface area contributed by atoms with Gasteiger partial charge in [0.25, 0.3) is 0 Å². The largest absolute Gasteiger partial charge is 0.394 e. The third kappa shape index (κ3) is 5.13. The molecule has 19 heavy (non-hydrogen) atoms. The molecule has 0 saturated carbocycles. The van der Waals surface area contributed by atoms with Gasteiger partial charge in [-0.1, -0.05) is 46.0 Å². The average molecular weight is 269 g/mol. The highest BCUT2D eigenvalue weighted by molar-refractivity contribution is 5.79. The maximum Gasteiger partial charge on any atom is 0.226 e. The van der Waals surface area contributed by atoms with Gasteiger partial charge in [0.1, 0.15) is 0 Å². The fourth-order valence-corrected chi connectivity index (χ4v) is 3.11. The maximum atomic E-state index is 12.6. The molecule has 2 atom stereocenters. The Bertz CT molecular complexity index is 255. The predicted octanol–water partition coefficient (Wildman–Crippen LogP) is 3.36. The molecule has 1 heterocycles. The van der Waals surface area contributed by atoms with Crippen molar-refractivity contribution >= 4 is 5.91 Å². The zero-order valence-electron chi connectivity index (χ0n) is 12.7. The lowest BCUT2D eigenvalue weighted by molar-refractivity contribution is -0.137. The Balaban J connectivity index is 2.46. The van der Waals surface area contributed by atoms with Gasteiger partial charge in [0, 0.05) is 12.5 Å². The standard InChI is InChI=1S/C16H31NO2/c1-3-5-6-7-10-14(9-4-2)16(19)17-12-8-11-15(17)13-18/h14-15,18H,3-13H2,1-2H3/t14?,15-/m0/s1. The third-order valence-corrected chi connectivity index (χ3v) is 4.26.